The number of carbonyl (C=O) groups is 1. The van der Waals surface area contributed by atoms with Gasteiger partial charge in [0.05, 0.1) is 0 Å². The molecule has 0 aliphatic carbocycles. The summed E-state index contributed by atoms with van der Waals surface area (Å²) in [5.41, 5.74) is 0. The summed E-state index contributed by atoms with van der Waals surface area (Å²) in [6, 6.07) is 0. The highest BCUT2D eigenvalue weighted by Gasteiger charge is 2.02. The Morgan fingerprint density at radius 1 is 1.44 bits per heavy atom. The summed E-state index contributed by atoms with van der Waals surface area (Å²) in [6.45, 7) is 7.62. The van der Waals surface area contributed by atoms with Crippen molar-refractivity contribution in [2.45, 2.75) is 20.3 Å². The summed E-state index contributed by atoms with van der Waals surface area (Å²) in [5.74, 6) is 0.642. The second-order valence-electron chi connectivity index (χ2n) is 2.56. The second kappa shape index (κ2) is 4.30. The van der Waals surface area contributed by atoms with Gasteiger partial charge >= 0.3 is 0 Å². The highest BCUT2D eigenvalue weighted by atomic mass is 16.1. The third kappa shape index (κ3) is 3.95. The lowest BCUT2D eigenvalue weighted by Crippen LogP contribution is -2.00. The lowest BCUT2D eigenvalue weighted by molar-refractivity contribution is -0.110. The van der Waals surface area contributed by atoms with Crippen LogP contribution in [0.25, 0.3) is 0 Å². The Bertz CT molecular complexity index is 84.7. The van der Waals surface area contributed by atoms with E-state index in [0.717, 1.165) is 12.7 Å². The van der Waals surface area contributed by atoms with Crippen molar-refractivity contribution in [3.8, 4) is 0 Å². The van der Waals surface area contributed by atoms with Crippen molar-refractivity contribution in [1.29, 1.82) is 0 Å². The number of carbonyl (C=O) groups excluding carboxylic acids is 1. The van der Waals surface area contributed by atoms with Crippen molar-refractivity contribution in [1.82, 2.24) is 0 Å². The van der Waals surface area contributed by atoms with Crippen molar-refractivity contribution < 1.29 is 4.79 Å². The van der Waals surface area contributed by atoms with E-state index < -0.39 is 0 Å². The molecule has 2 atom stereocenters. The van der Waals surface area contributed by atoms with E-state index in [0.29, 0.717) is 5.92 Å². The molecule has 0 saturated heterocycles. The van der Waals surface area contributed by atoms with E-state index in [4.69, 9.17) is 0 Å². The molecule has 0 amide bonds. The molecule has 0 spiro atoms. The molecule has 52 valence electrons. The third-order valence-corrected chi connectivity index (χ3v) is 1.38. The van der Waals surface area contributed by atoms with Gasteiger partial charge in [0.1, 0.15) is 6.29 Å². The minimum atomic E-state index is 0.179. The van der Waals surface area contributed by atoms with Gasteiger partial charge in [-0.15, -0.1) is 6.58 Å². The van der Waals surface area contributed by atoms with Crippen LogP contribution in [0.1, 0.15) is 20.3 Å². The molecule has 0 N–H and O–H groups in total. The summed E-state index contributed by atoms with van der Waals surface area (Å²) in [4.78, 5) is 10.1. The lowest BCUT2D eigenvalue weighted by atomic mass is 9.99. The van der Waals surface area contributed by atoms with Gasteiger partial charge in [-0.05, 0) is 12.3 Å². The fourth-order valence-corrected chi connectivity index (χ4v) is 0.738. The van der Waals surface area contributed by atoms with Crippen LogP contribution < -0.4 is 0 Å². The number of allylic oxidation sites excluding steroid dienone is 1. The number of rotatable bonds is 4. The van der Waals surface area contributed by atoms with Crippen LogP contribution >= 0.6 is 0 Å². The molecular formula is C8H14O. The van der Waals surface area contributed by atoms with E-state index in [2.05, 4.69) is 13.5 Å². The van der Waals surface area contributed by atoms with E-state index in [1.165, 1.54) is 0 Å². The molecule has 0 aliphatic heterocycles. The zero-order valence-corrected chi connectivity index (χ0v) is 6.13. The Labute approximate surface area is 56.8 Å². The number of hydrogen-bond donors (Lipinski definition) is 0. The van der Waals surface area contributed by atoms with Crippen molar-refractivity contribution in [3.63, 3.8) is 0 Å². The lowest BCUT2D eigenvalue weighted by Gasteiger charge is -2.06. The fraction of sp³-hybridized carbons (Fsp3) is 0.625. The minimum absolute atomic E-state index is 0.179. The quantitative estimate of drug-likeness (QED) is 0.416. The summed E-state index contributed by atoms with van der Waals surface area (Å²) in [6.07, 6.45) is 3.78. The SMILES string of the molecule is C=CC(C)CC(C)C=O. The van der Waals surface area contributed by atoms with Gasteiger partial charge in [0, 0.05) is 5.92 Å². The molecule has 0 aromatic rings. The predicted molar refractivity (Wildman–Crippen MR) is 39.2 cm³/mol. The van der Waals surface area contributed by atoms with Crippen molar-refractivity contribution in [3.05, 3.63) is 12.7 Å². The van der Waals surface area contributed by atoms with E-state index in [-0.39, 0.29) is 5.92 Å². The number of aldehydes is 1. The predicted octanol–water partition coefficient (Wildman–Crippen LogP) is 2.03. The standard InChI is InChI=1S/C8H14O/c1-4-7(2)5-8(3)6-9/h4,6-8H,1,5H2,2-3H3. The van der Waals surface area contributed by atoms with Crippen LogP contribution in [0.4, 0.5) is 0 Å². The Morgan fingerprint density at radius 2 is 2.00 bits per heavy atom. The Morgan fingerprint density at radius 3 is 2.33 bits per heavy atom. The number of hydrogen-bond acceptors (Lipinski definition) is 1. The van der Waals surface area contributed by atoms with Crippen LogP contribution in [0.15, 0.2) is 12.7 Å². The minimum Gasteiger partial charge on any atom is -0.303 e. The maximum Gasteiger partial charge on any atom is 0.122 e. The second-order valence-corrected chi connectivity index (χ2v) is 2.56. The first-order valence-electron chi connectivity index (χ1n) is 3.28. The zero-order chi connectivity index (χ0) is 7.28. The van der Waals surface area contributed by atoms with E-state index >= 15 is 0 Å². The average Bonchev–Trinajstić information content (AvgIpc) is 1.87. The maximum atomic E-state index is 10.1. The molecule has 0 aromatic heterocycles. The van der Waals surface area contributed by atoms with Gasteiger partial charge in [0.15, 0.2) is 0 Å². The van der Waals surface area contributed by atoms with Crippen molar-refractivity contribution in [2.24, 2.45) is 11.8 Å². The molecule has 0 saturated carbocycles. The molecular weight excluding hydrogens is 112 g/mol. The van der Waals surface area contributed by atoms with Crippen LogP contribution in [0.3, 0.4) is 0 Å². The molecule has 0 aliphatic rings. The first-order chi connectivity index (χ1) is 4.20. The smallest absolute Gasteiger partial charge is 0.122 e. The summed E-state index contributed by atoms with van der Waals surface area (Å²) in [7, 11) is 0. The van der Waals surface area contributed by atoms with Crippen LogP contribution in [0.2, 0.25) is 0 Å². The molecule has 2 unspecified atom stereocenters. The van der Waals surface area contributed by atoms with E-state index in [1.807, 2.05) is 13.0 Å². The molecule has 1 heteroatoms. The van der Waals surface area contributed by atoms with Gasteiger partial charge < -0.3 is 4.79 Å². The summed E-state index contributed by atoms with van der Waals surface area (Å²) >= 11 is 0. The molecule has 9 heavy (non-hydrogen) atoms. The molecule has 0 fully saturated rings. The van der Waals surface area contributed by atoms with Gasteiger partial charge in [-0.1, -0.05) is 19.9 Å². The highest BCUT2D eigenvalue weighted by Crippen LogP contribution is 2.09. The third-order valence-electron chi connectivity index (χ3n) is 1.38. The molecule has 1 nitrogen and oxygen atoms in total. The molecule has 0 heterocycles. The fourth-order valence-electron chi connectivity index (χ4n) is 0.738. The van der Waals surface area contributed by atoms with Gasteiger partial charge in [-0.25, -0.2) is 0 Å². The monoisotopic (exact) mass is 126 g/mol. The Balaban J connectivity index is 3.45. The highest BCUT2D eigenvalue weighted by molar-refractivity contribution is 5.52. The maximum absolute atomic E-state index is 10.1. The largest absolute Gasteiger partial charge is 0.303 e. The topological polar surface area (TPSA) is 17.1 Å². The van der Waals surface area contributed by atoms with Crippen molar-refractivity contribution >= 4 is 6.29 Å². The summed E-state index contributed by atoms with van der Waals surface area (Å²) < 4.78 is 0. The molecule has 0 rings (SSSR count). The Hall–Kier alpha value is -0.590. The first-order valence-corrected chi connectivity index (χ1v) is 3.28. The average molecular weight is 126 g/mol. The van der Waals surface area contributed by atoms with Gasteiger partial charge in [-0.2, -0.15) is 0 Å². The van der Waals surface area contributed by atoms with Crippen LogP contribution in [-0.4, -0.2) is 6.29 Å². The molecule has 0 radical (unpaired) electrons. The normalized spacial score (nSPS) is 16.2. The first kappa shape index (κ1) is 8.41. The van der Waals surface area contributed by atoms with E-state index in [1.54, 1.807) is 0 Å². The van der Waals surface area contributed by atoms with Crippen molar-refractivity contribution in [2.75, 3.05) is 0 Å². The molecule has 0 aromatic carbocycles. The van der Waals surface area contributed by atoms with Gasteiger partial charge in [-0.3, -0.25) is 0 Å². The van der Waals surface area contributed by atoms with E-state index in [9.17, 15) is 4.79 Å². The van der Waals surface area contributed by atoms with Gasteiger partial charge in [0.25, 0.3) is 0 Å². The Kier molecular flexibility index (Phi) is 4.02. The molecule has 0 bridgehead atoms. The van der Waals surface area contributed by atoms with Gasteiger partial charge in [0.2, 0.25) is 0 Å². The van der Waals surface area contributed by atoms with Crippen LogP contribution in [-0.2, 0) is 4.79 Å². The van der Waals surface area contributed by atoms with Crippen LogP contribution in [0, 0.1) is 11.8 Å². The summed E-state index contributed by atoms with van der Waals surface area (Å²) in [5, 5.41) is 0. The van der Waals surface area contributed by atoms with Crippen LogP contribution in [0.5, 0.6) is 0 Å². The zero-order valence-electron chi connectivity index (χ0n) is 6.13.